The zero-order valence-corrected chi connectivity index (χ0v) is 8.89. The van der Waals surface area contributed by atoms with E-state index in [2.05, 4.69) is 15.9 Å². The van der Waals surface area contributed by atoms with Crippen molar-refractivity contribution in [2.45, 2.75) is 32.8 Å². The molecule has 1 aromatic rings. The van der Waals surface area contributed by atoms with E-state index < -0.39 is 6.10 Å². The maximum atomic E-state index is 9.62. The molecular weight excluding hydrogens is 220 g/mol. The van der Waals surface area contributed by atoms with Crippen LogP contribution in [-0.4, -0.2) is 5.11 Å². The van der Waals surface area contributed by atoms with Gasteiger partial charge in [0.1, 0.15) is 5.76 Å². The molecule has 1 rings (SSSR count). The van der Waals surface area contributed by atoms with Gasteiger partial charge in [-0.15, -0.1) is 0 Å². The maximum Gasteiger partial charge on any atom is 0.115 e. The Morgan fingerprint density at radius 1 is 1.67 bits per heavy atom. The Morgan fingerprint density at radius 3 is 2.75 bits per heavy atom. The molecule has 0 aliphatic rings. The van der Waals surface area contributed by atoms with Crippen LogP contribution in [0.25, 0.3) is 0 Å². The molecule has 3 heteroatoms. The first kappa shape index (κ1) is 9.81. The molecule has 68 valence electrons. The smallest absolute Gasteiger partial charge is 0.115 e. The summed E-state index contributed by atoms with van der Waals surface area (Å²) in [4.78, 5) is 0. The van der Waals surface area contributed by atoms with Crippen molar-refractivity contribution in [2.75, 3.05) is 0 Å². The largest absolute Gasteiger partial charge is 0.468 e. The average Bonchev–Trinajstić information content (AvgIpc) is 2.34. The maximum absolute atomic E-state index is 9.62. The molecule has 0 aromatic carbocycles. The van der Waals surface area contributed by atoms with Crippen molar-refractivity contribution in [3.63, 3.8) is 0 Å². The van der Waals surface area contributed by atoms with E-state index in [1.807, 2.05) is 13.8 Å². The molecule has 0 fully saturated rings. The van der Waals surface area contributed by atoms with E-state index in [1.54, 1.807) is 6.26 Å². The third-order valence-electron chi connectivity index (χ3n) is 1.85. The van der Waals surface area contributed by atoms with Gasteiger partial charge in [0.25, 0.3) is 0 Å². The number of aryl methyl sites for hydroxylation is 1. The third-order valence-corrected chi connectivity index (χ3v) is 2.86. The number of hydrogen-bond donors (Lipinski definition) is 1. The third kappa shape index (κ3) is 1.90. The van der Waals surface area contributed by atoms with Crippen molar-refractivity contribution in [2.24, 2.45) is 0 Å². The lowest BCUT2D eigenvalue weighted by Crippen LogP contribution is -1.95. The predicted octanol–water partition coefficient (Wildman–Crippen LogP) is 3.18. The van der Waals surface area contributed by atoms with Gasteiger partial charge in [-0.25, -0.2) is 0 Å². The SMILES string of the molecule is CCCC(O)c1coc(C)c1Br. The molecule has 0 radical (unpaired) electrons. The summed E-state index contributed by atoms with van der Waals surface area (Å²) >= 11 is 3.37. The molecule has 1 aromatic heterocycles. The molecular formula is C9H13BrO2. The predicted molar refractivity (Wildman–Crippen MR) is 51.0 cm³/mol. The molecule has 1 N–H and O–H groups in total. The first-order chi connectivity index (χ1) is 5.66. The summed E-state index contributed by atoms with van der Waals surface area (Å²) < 4.78 is 6.05. The molecule has 2 nitrogen and oxygen atoms in total. The minimum Gasteiger partial charge on any atom is -0.468 e. The average molecular weight is 233 g/mol. The van der Waals surface area contributed by atoms with Crippen molar-refractivity contribution in [1.29, 1.82) is 0 Å². The molecule has 0 aliphatic heterocycles. The van der Waals surface area contributed by atoms with Gasteiger partial charge in [-0.3, -0.25) is 0 Å². The van der Waals surface area contributed by atoms with E-state index in [1.165, 1.54) is 0 Å². The summed E-state index contributed by atoms with van der Waals surface area (Å²) in [6.45, 7) is 3.91. The number of furan rings is 1. The minimum atomic E-state index is -0.401. The highest BCUT2D eigenvalue weighted by molar-refractivity contribution is 9.10. The second-order valence-electron chi connectivity index (χ2n) is 2.87. The fourth-order valence-corrected chi connectivity index (χ4v) is 1.56. The van der Waals surface area contributed by atoms with Gasteiger partial charge in [0.2, 0.25) is 0 Å². The Kier molecular flexibility index (Phi) is 3.35. The van der Waals surface area contributed by atoms with Crippen molar-refractivity contribution in [3.05, 3.63) is 22.1 Å². The summed E-state index contributed by atoms with van der Waals surface area (Å²) in [6.07, 6.45) is 2.96. The van der Waals surface area contributed by atoms with E-state index in [0.717, 1.165) is 28.6 Å². The standard InChI is InChI=1S/C9H13BrO2/c1-3-4-8(11)7-5-12-6(2)9(7)10/h5,8,11H,3-4H2,1-2H3. The van der Waals surface area contributed by atoms with Crippen molar-refractivity contribution < 1.29 is 9.52 Å². The van der Waals surface area contributed by atoms with Gasteiger partial charge in [-0.1, -0.05) is 13.3 Å². The highest BCUT2D eigenvalue weighted by Crippen LogP contribution is 2.30. The lowest BCUT2D eigenvalue weighted by molar-refractivity contribution is 0.165. The van der Waals surface area contributed by atoms with Crippen molar-refractivity contribution in [3.8, 4) is 0 Å². The molecule has 1 heterocycles. The molecule has 0 spiro atoms. The quantitative estimate of drug-likeness (QED) is 0.869. The van der Waals surface area contributed by atoms with Crippen LogP contribution >= 0.6 is 15.9 Å². The summed E-state index contributed by atoms with van der Waals surface area (Å²) in [7, 11) is 0. The molecule has 1 unspecified atom stereocenters. The lowest BCUT2D eigenvalue weighted by Gasteiger charge is -2.06. The highest BCUT2D eigenvalue weighted by atomic mass is 79.9. The molecule has 0 saturated carbocycles. The van der Waals surface area contributed by atoms with Crippen LogP contribution in [0.1, 0.15) is 37.2 Å². The second kappa shape index (κ2) is 4.10. The van der Waals surface area contributed by atoms with Crippen LogP contribution in [0.15, 0.2) is 15.2 Å². The minimum absolute atomic E-state index is 0.401. The van der Waals surface area contributed by atoms with Gasteiger partial charge in [0, 0.05) is 5.56 Å². The Hall–Kier alpha value is -0.280. The first-order valence-electron chi connectivity index (χ1n) is 4.08. The van der Waals surface area contributed by atoms with Crippen LogP contribution in [-0.2, 0) is 0 Å². The van der Waals surface area contributed by atoms with Gasteiger partial charge in [-0.2, -0.15) is 0 Å². The zero-order chi connectivity index (χ0) is 9.14. The van der Waals surface area contributed by atoms with Crippen LogP contribution in [0.2, 0.25) is 0 Å². The molecule has 12 heavy (non-hydrogen) atoms. The number of halogens is 1. The zero-order valence-electron chi connectivity index (χ0n) is 7.30. The summed E-state index contributed by atoms with van der Waals surface area (Å²) in [6, 6.07) is 0. The van der Waals surface area contributed by atoms with E-state index in [-0.39, 0.29) is 0 Å². The van der Waals surface area contributed by atoms with Gasteiger partial charge >= 0.3 is 0 Å². The fourth-order valence-electron chi connectivity index (χ4n) is 1.11. The van der Waals surface area contributed by atoms with Gasteiger partial charge < -0.3 is 9.52 Å². The Balaban J connectivity index is 2.80. The van der Waals surface area contributed by atoms with E-state index in [0.29, 0.717) is 0 Å². The molecule has 0 saturated heterocycles. The molecule has 0 aliphatic carbocycles. The summed E-state index contributed by atoms with van der Waals surface area (Å²) in [5.41, 5.74) is 0.856. The van der Waals surface area contributed by atoms with E-state index in [4.69, 9.17) is 4.42 Å². The van der Waals surface area contributed by atoms with Crippen LogP contribution in [0.5, 0.6) is 0 Å². The number of hydrogen-bond acceptors (Lipinski definition) is 2. The molecule has 1 atom stereocenters. The van der Waals surface area contributed by atoms with Crippen LogP contribution in [0.3, 0.4) is 0 Å². The second-order valence-corrected chi connectivity index (χ2v) is 3.66. The number of aliphatic hydroxyl groups excluding tert-OH is 1. The first-order valence-corrected chi connectivity index (χ1v) is 4.87. The van der Waals surface area contributed by atoms with Crippen molar-refractivity contribution in [1.82, 2.24) is 0 Å². The van der Waals surface area contributed by atoms with Crippen LogP contribution in [0.4, 0.5) is 0 Å². The van der Waals surface area contributed by atoms with E-state index in [9.17, 15) is 5.11 Å². The summed E-state index contributed by atoms with van der Waals surface area (Å²) in [5.74, 6) is 0.820. The fraction of sp³-hybridized carbons (Fsp3) is 0.556. The Labute approximate surface area is 80.7 Å². The Bertz CT molecular complexity index is 255. The molecule has 0 bridgehead atoms. The Morgan fingerprint density at radius 2 is 2.33 bits per heavy atom. The van der Waals surface area contributed by atoms with Crippen molar-refractivity contribution >= 4 is 15.9 Å². The van der Waals surface area contributed by atoms with Gasteiger partial charge in [-0.05, 0) is 29.3 Å². The van der Waals surface area contributed by atoms with E-state index >= 15 is 0 Å². The highest BCUT2D eigenvalue weighted by Gasteiger charge is 2.14. The topological polar surface area (TPSA) is 33.4 Å². The number of rotatable bonds is 3. The van der Waals surface area contributed by atoms with Crippen LogP contribution < -0.4 is 0 Å². The number of aliphatic hydroxyl groups is 1. The van der Waals surface area contributed by atoms with Crippen LogP contribution in [0, 0.1) is 6.92 Å². The normalized spacial score (nSPS) is 13.3. The lowest BCUT2D eigenvalue weighted by atomic mass is 10.1. The molecule has 0 amide bonds. The summed E-state index contributed by atoms with van der Waals surface area (Å²) in [5, 5.41) is 9.62. The van der Waals surface area contributed by atoms with Gasteiger partial charge in [0.05, 0.1) is 16.8 Å². The van der Waals surface area contributed by atoms with Gasteiger partial charge in [0.15, 0.2) is 0 Å². The monoisotopic (exact) mass is 232 g/mol.